The summed E-state index contributed by atoms with van der Waals surface area (Å²) in [6, 6.07) is 25.3. The summed E-state index contributed by atoms with van der Waals surface area (Å²) in [5, 5.41) is 7.10. The maximum atomic E-state index is 12.9. The summed E-state index contributed by atoms with van der Waals surface area (Å²) < 4.78 is 1.36. The van der Waals surface area contributed by atoms with Gasteiger partial charge in [0.1, 0.15) is 6.54 Å². The SMILES string of the molecule is C[C@H](NC(=O)c1ccccc1NC(=O)Cn1ccc2ccccc2c1=O)c1ccccc1. The first-order valence-corrected chi connectivity index (χ1v) is 10.4. The molecule has 1 atom stereocenters. The molecule has 0 aliphatic heterocycles. The van der Waals surface area contributed by atoms with Crippen molar-refractivity contribution < 1.29 is 9.59 Å². The molecule has 0 saturated carbocycles. The minimum atomic E-state index is -0.390. The third-order valence-corrected chi connectivity index (χ3v) is 5.29. The van der Waals surface area contributed by atoms with Crippen LogP contribution >= 0.6 is 0 Å². The Labute approximate surface area is 185 Å². The number of rotatable bonds is 6. The lowest BCUT2D eigenvalue weighted by molar-refractivity contribution is -0.116. The van der Waals surface area contributed by atoms with E-state index in [0.717, 1.165) is 10.9 Å². The summed E-state index contributed by atoms with van der Waals surface area (Å²) in [5.41, 5.74) is 1.50. The predicted molar refractivity (Wildman–Crippen MR) is 126 cm³/mol. The van der Waals surface area contributed by atoms with Gasteiger partial charge in [0.2, 0.25) is 5.91 Å². The van der Waals surface area contributed by atoms with E-state index in [1.165, 1.54) is 4.57 Å². The van der Waals surface area contributed by atoms with Crippen molar-refractivity contribution >= 4 is 28.3 Å². The smallest absolute Gasteiger partial charge is 0.258 e. The Kier molecular flexibility index (Phi) is 6.12. The van der Waals surface area contributed by atoms with E-state index in [0.29, 0.717) is 16.6 Å². The number of carbonyl (C=O) groups is 2. The zero-order chi connectivity index (χ0) is 22.5. The molecule has 0 spiro atoms. The van der Waals surface area contributed by atoms with Crippen LogP contribution in [0.2, 0.25) is 0 Å². The minimum Gasteiger partial charge on any atom is -0.345 e. The van der Waals surface area contributed by atoms with Gasteiger partial charge >= 0.3 is 0 Å². The normalized spacial score (nSPS) is 11.7. The number of nitrogens with one attached hydrogen (secondary N) is 2. The lowest BCUT2D eigenvalue weighted by Gasteiger charge is -2.16. The van der Waals surface area contributed by atoms with Crippen molar-refractivity contribution in [2.24, 2.45) is 0 Å². The molecule has 0 saturated heterocycles. The van der Waals surface area contributed by atoms with Crippen LogP contribution in [-0.2, 0) is 11.3 Å². The van der Waals surface area contributed by atoms with Gasteiger partial charge < -0.3 is 15.2 Å². The lowest BCUT2D eigenvalue weighted by Crippen LogP contribution is -2.30. The van der Waals surface area contributed by atoms with Crippen molar-refractivity contribution in [3.05, 3.63) is 113 Å². The number of hydrogen-bond acceptors (Lipinski definition) is 3. The number of fused-ring (bicyclic) bond motifs is 1. The summed E-state index contributed by atoms with van der Waals surface area (Å²) in [6.07, 6.45) is 1.60. The second kappa shape index (κ2) is 9.31. The molecule has 3 aromatic carbocycles. The molecule has 160 valence electrons. The standard InChI is InChI=1S/C26H23N3O3/c1-18(19-9-3-2-4-10-19)27-25(31)22-13-7-8-14-23(22)28-24(30)17-29-16-15-20-11-5-6-12-21(20)26(29)32/h2-16,18H,17H2,1H3,(H,27,31)(H,28,30)/t18-/m0/s1. The number of para-hydroxylation sites is 1. The molecule has 2 N–H and O–H groups in total. The highest BCUT2D eigenvalue weighted by Crippen LogP contribution is 2.18. The Bertz CT molecular complexity index is 1330. The van der Waals surface area contributed by atoms with E-state index >= 15 is 0 Å². The van der Waals surface area contributed by atoms with Crippen LogP contribution in [0.4, 0.5) is 5.69 Å². The van der Waals surface area contributed by atoms with Gasteiger partial charge in [-0.05, 0) is 42.1 Å². The Hall–Kier alpha value is -4.19. The van der Waals surface area contributed by atoms with Crippen molar-refractivity contribution in [3.63, 3.8) is 0 Å². The van der Waals surface area contributed by atoms with Gasteiger partial charge in [-0.2, -0.15) is 0 Å². The fourth-order valence-corrected chi connectivity index (χ4v) is 3.59. The highest BCUT2D eigenvalue weighted by Gasteiger charge is 2.16. The van der Waals surface area contributed by atoms with E-state index in [1.807, 2.05) is 49.4 Å². The molecule has 0 fully saturated rings. The third-order valence-electron chi connectivity index (χ3n) is 5.29. The van der Waals surface area contributed by atoms with Crippen molar-refractivity contribution in [1.82, 2.24) is 9.88 Å². The molecule has 4 aromatic rings. The molecule has 6 heteroatoms. The Morgan fingerprint density at radius 1 is 0.875 bits per heavy atom. The zero-order valence-electron chi connectivity index (χ0n) is 17.6. The first-order chi connectivity index (χ1) is 15.5. The van der Waals surface area contributed by atoms with Crippen molar-refractivity contribution in [2.45, 2.75) is 19.5 Å². The number of benzene rings is 3. The van der Waals surface area contributed by atoms with Crippen LogP contribution in [0.15, 0.2) is 95.9 Å². The van der Waals surface area contributed by atoms with Gasteiger partial charge in [-0.25, -0.2) is 0 Å². The summed E-state index contributed by atoms with van der Waals surface area (Å²) in [4.78, 5) is 38.2. The van der Waals surface area contributed by atoms with E-state index < -0.39 is 5.91 Å². The van der Waals surface area contributed by atoms with Gasteiger partial charge in [0.05, 0.1) is 17.3 Å². The van der Waals surface area contributed by atoms with Gasteiger partial charge in [0, 0.05) is 11.6 Å². The second-order valence-electron chi connectivity index (χ2n) is 7.54. The number of hydrogen-bond donors (Lipinski definition) is 2. The number of nitrogens with zero attached hydrogens (tertiary/aromatic N) is 1. The Morgan fingerprint density at radius 2 is 1.56 bits per heavy atom. The maximum Gasteiger partial charge on any atom is 0.258 e. The van der Waals surface area contributed by atoms with Gasteiger partial charge in [-0.3, -0.25) is 14.4 Å². The lowest BCUT2D eigenvalue weighted by atomic mass is 10.1. The molecule has 32 heavy (non-hydrogen) atoms. The van der Waals surface area contributed by atoms with E-state index in [1.54, 1.807) is 48.7 Å². The average Bonchev–Trinajstić information content (AvgIpc) is 2.82. The molecule has 0 aliphatic rings. The number of pyridine rings is 1. The van der Waals surface area contributed by atoms with Crippen molar-refractivity contribution in [1.29, 1.82) is 0 Å². The molecule has 1 aromatic heterocycles. The van der Waals surface area contributed by atoms with Crippen LogP contribution in [0.3, 0.4) is 0 Å². The zero-order valence-corrected chi connectivity index (χ0v) is 17.6. The van der Waals surface area contributed by atoms with Gasteiger partial charge in [-0.15, -0.1) is 0 Å². The fraction of sp³-hybridized carbons (Fsp3) is 0.115. The number of amides is 2. The molecule has 0 unspecified atom stereocenters. The van der Waals surface area contributed by atoms with Crippen LogP contribution in [0.5, 0.6) is 0 Å². The summed E-state index contributed by atoms with van der Waals surface area (Å²) in [7, 11) is 0. The topological polar surface area (TPSA) is 80.2 Å². The van der Waals surface area contributed by atoms with E-state index in [9.17, 15) is 14.4 Å². The average molecular weight is 425 g/mol. The van der Waals surface area contributed by atoms with Crippen LogP contribution in [-0.4, -0.2) is 16.4 Å². The molecule has 0 bridgehead atoms. The molecule has 0 aliphatic carbocycles. The monoisotopic (exact) mass is 425 g/mol. The molecule has 2 amide bonds. The van der Waals surface area contributed by atoms with Crippen molar-refractivity contribution in [2.75, 3.05) is 5.32 Å². The van der Waals surface area contributed by atoms with E-state index in [2.05, 4.69) is 10.6 Å². The highest BCUT2D eigenvalue weighted by molar-refractivity contribution is 6.03. The summed E-state index contributed by atoms with van der Waals surface area (Å²) in [5.74, 6) is -0.682. The molecular weight excluding hydrogens is 402 g/mol. The van der Waals surface area contributed by atoms with Crippen LogP contribution in [0, 0.1) is 0 Å². The minimum absolute atomic E-state index is 0.153. The van der Waals surface area contributed by atoms with Crippen LogP contribution < -0.4 is 16.2 Å². The second-order valence-corrected chi connectivity index (χ2v) is 7.54. The molecule has 0 radical (unpaired) electrons. The van der Waals surface area contributed by atoms with Gasteiger partial charge in [0.25, 0.3) is 11.5 Å². The molecule has 6 nitrogen and oxygen atoms in total. The first-order valence-electron chi connectivity index (χ1n) is 10.4. The van der Waals surface area contributed by atoms with Crippen LogP contribution in [0.1, 0.15) is 28.9 Å². The molecule has 1 heterocycles. The van der Waals surface area contributed by atoms with E-state index in [4.69, 9.17) is 0 Å². The predicted octanol–water partition coefficient (Wildman–Crippen LogP) is 4.13. The fourth-order valence-electron chi connectivity index (χ4n) is 3.59. The number of aromatic nitrogens is 1. The van der Waals surface area contributed by atoms with Gasteiger partial charge in [0.15, 0.2) is 0 Å². The molecular formula is C26H23N3O3. The summed E-state index contributed by atoms with van der Waals surface area (Å²) in [6.45, 7) is 1.75. The third kappa shape index (κ3) is 4.59. The molecule has 4 rings (SSSR count). The number of anilines is 1. The van der Waals surface area contributed by atoms with E-state index in [-0.39, 0.29) is 24.1 Å². The number of carbonyl (C=O) groups excluding carboxylic acids is 2. The largest absolute Gasteiger partial charge is 0.345 e. The van der Waals surface area contributed by atoms with Gasteiger partial charge in [-0.1, -0.05) is 60.7 Å². The summed E-state index contributed by atoms with van der Waals surface area (Å²) >= 11 is 0. The maximum absolute atomic E-state index is 12.9. The highest BCUT2D eigenvalue weighted by atomic mass is 16.2. The first kappa shape index (κ1) is 21.1. The van der Waals surface area contributed by atoms with Crippen LogP contribution in [0.25, 0.3) is 10.8 Å². The Balaban J connectivity index is 1.49. The quantitative estimate of drug-likeness (QED) is 0.487. The Morgan fingerprint density at radius 3 is 2.38 bits per heavy atom. The van der Waals surface area contributed by atoms with Crippen molar-refractivity contribution in [3.8, 4) is 0 Å².